The van der Waals surface area contributed by atoms with Gasteiger partial charge in [0.25, 0.3) is 5.91 Å². The summed E-state index contributed by atoms with van der Waals surface area (Å²) in [5.74, 6) is 0.137. The van der Waals surface area contributed by atoms with Crippen molar-refractivity contribution in [3.8, 4) is 0 Å². The first-order chi connectivity index (χ1) is 11.0. The second-order valence-electron chi connectivity index (χ2n) is 5.35. The highest BCUT2D eigenvalue weighted by molar-refractivity contribution is 5.97. The van der Waals surface area contributed by atoms with Gasteiger partial charge in [0.05, 0.1) is 18.1 Å². The highest BCUT2D eigenvalue weighted by Crippen LogP contribution is 2.16. The van der Waals surface area contributed by atoms with Crippen molar-refractivity contribution in [1.29, 1.82) is 0 Å². The van der Waals surface area contributed by atoms with Crippen LogP contribution in [0.4, 0.5) is 10.7 Å². The molecule has 8 heteroatoms. The first kappa shape index (κ1) is 16.8. The lowest BCUT2D eigenvalue weighted by atomic mass is 10.2. The van der Waals surface area contributed by atoms with E-state index >= 15 is 0 Å². The van der Waals surface area contributed by atoms with Gasteiger partial charge in [0.2, 0.25) is 5.95 Å². The van der Waals surface area contributed by atoms with Crippen LogP contribution in [0.3, 0.4) is 0 Å². The molecule has 0 unspecified atom stereocenters. The molecule has 2 amide bonds. The van der Waals surface area contributed by atoms with Crippen molar-refractivity contribution in [3.63, 3.8) is 0 Å². The predicted octanol–water partition coefficient (Wildman–Crippen LogP) is 1.42. The summed E-state index contributed by atoms with van der Waals surface area (Å²) in [5, 5.41) is 5.33. The summed E-state index contributed by atoms with van der Waals surface area (Å²) >= 11 is 0. The minimum Gasteiger partial charge on any atom is -0.453 e. The molecular formula is C15H21N5O3. The number of aromatic nitrogens is 2. The van der Waals surface area contributed by atoms with Crippen molar-refractivity contribution in [2.24, 2.45) is 0 Å². The summed E-state index contributed by atoms with van der Waals surface area (Å²) < 4.78 is 4.51. The van der Waals surface area contributed by atoms with E-state index in [4.69, 9.17) is 0 Å². The van der Waals surface area contributed by atoms with E-state index in [0.29, 0.717) is 23.1 Å². The Morgan fingerprint density at radius 2 is 2.13 bits per heavy atom. The quantitative estimate of drug-likeness (QED) is 0.699. The zero-order valence-corrected chi connectivity index (χ0v) is 13.5. The van der Waals surface area contributed by atoms with Gasteiger partial charge in [-0.25, -0.2) is 9.78 Å². The van der Waals surface area contributed by atoms with Gasteiger partial charge in [0.15, 0.2) is 0 Å². The van der Waals surface area contributed by atoms with E-state index in [2.05, 4.69) is 30.2 Å². The number of amides is 2. The number of H-pyrrole nitrogens is 1. The number of carbonyl (C=O) groups is 2. The summed E-state index contributed by atoms with van der Waals surface area (Å²) in [5.41, 5.74) is 1.86. The van der Waals surface area contributed by atoms with Crippen LogP contribution in [-0.4, -0.2) is 61.2 Å². The first-order valence-electron chi connectivity index (χ1n) is 7.27. The van der Waals surface area contributed by atoms with Crippen LogP contribution < -0.4 is 10.6 Å². The van der Waals surface area contributed by atoms with Crippen LogP contribution in [0.5, 0.6) is 0 Å². The van der Waals surface area contributed by atoms with E-state index in [-0.39, 0.29) is 11.9 Å². The van der Waals surface area contributed by atoms with E-state index in [1.807, 2.05) is 14.1 Å². The Balaban J connectivity index is 2.01. The van der Waals surface area contributed by atoms with Gasteiger partial charge in [-0.15, -0.1) is 0 Å². The predicted molar refractivity (Wildman–Crippen MR) is 87.6 cm³/mol. The van der Waals surface area contributed by atoms with E-state index in [9.17, 15) is 9.59 Å². The number of hydrogen-bond acceptors (Lipinski definition) is 5. The standard InChI is InChI=1S/C15H21N5O3/c1-20(2)8-4-7-16-13(21)10-5-6-11-12(9-10)18-14(17-11)19-15(22)23-3/h5-6,9H,4,7-8H2,1-3H3,(H,16,21)(H2,17,18,19,22). The molecule has 1 heterocycles. The third kappa shape index (κ3) is 4.68. The van der Waals surface area contributed by atoms with Gasteiger partial charge in [-0.2, -0.15) is 0 Å². The monoisotopic (exact) mass is 319 g/mol. The topological polar surface area (TPSA) is 99.3 Å². The third-order valence-electron chi connectivity index (χ3n) is 3.22. The Hall–Kier alpha value is -2.61. The number of anilines is 1. The minimum absolute atomic E-state index is 0.136. The fourth-order valence-electron chi connectivity index (χ4n) is 2.06. The number of rotatable bonds is 6. The van der Waals surface area contributed by atoms with Gasteiger partial charge in [-0.1, -0.05) is 0 Å². The Morgan fingerprint density at radius 3 is 2.83 bits per heavy atom. The highest BCUT2D eigenvalue weighted by Gasteiger charge is 2.10. The van der Waals surface area contributed by atoms with E-state index < -0.39 is 6.09 Å². The number of benzene rings is 1. The molecule has 0 bridgehead atoms. The Bertz CT molecular complexity index is 695. The number of carbonyl (C=O) groups excluding carboxylic acids is 2. The smallest absolute Gasteiger partial charge is 0.413 e. The largest absolute Gasteiger partial charge is 0.453 e. The third-order valence-corrected chi connectivity index (χ3v) is 3.22. The van der Waals surface area contributed by atoms with Crippen LogP contribution in [0.15, 0.2) is 18.2 Å². The van der Waals surface area contributed by atoms with Gasteiger partial charge >= 0.3 is 6.09 Å². The highest BCUT2D eigenvalue weighted by atomic mass is 16.5. The fraction of sp³-hybridized carbons (Fsp3) is 0.400. The van der Waals surface area contributed by atoms with Crippen LogP contribution in [0.1, 0.15) is 16.8 Å². The van der Waals surface area contributed by atoms with Crippen LogP contribution in [-0.2, 0) is 4.74 Å². The molecule has 1 aromatic carbocycles. The number of fused-ring (bicyclic) bond motifs is 1. The maximum Gasteiger partial charge on any atom is 0.413 e. The number of ether oxygens (including phenoxy) is 1. The first-order valence-corrected chi connectivity index (χ1v) is 7.27. The van der Waals surface area contributed by atoms with E-state index in [1.165, 1.54) is 7.11 Å². The second kappa shape index (κ2) is 7.59. The maximum absolute atomic E-state index is 12.1. The molecule has 0 saturated heterocycles. The molecule has 1 aromatic heterocycles. The lowest BCUT2D eigenvalue weighted by molar-refractivity contribution is 0.0952. The van der Waals surface area contributed by atoms with Crippen LogP contribution in [0.25, 0.3) is 11.0 Å². The van der Waals surface area contributed by atoms with Crippen molar-refractivity contribution < 1.29 is 14.3 Å². The molecule has 0 fully saturated rings. The number of imidazole rings is 1. The molecule has 3 N–H and O–H groups in total. The molecule has 124 valence electrons. The molecule has 23 heavy (non-hydrogen) atoms. The SMILES string of the molecule is COC(=O)Nc1nc2ccc(C(=O)NCCCN(C)C)cc2[nH]1. The number of methoxy groups -OCH3 is 1. The van der Waals surface area contributed by atoms with Gasteiger partial charge in [0.1, 0.15) is 0 Å². The van der Waals surface area contributed by atoms with E-state index in [1.54, 1.807) is 18.2 Å². The molecule has 2 rings (SSSR count). The molecule has 0 aliphatic rings. The molecular weight excluding hydrogens is 298 g/mol. The number of nitrogens with one attached hydrogen (secondary N) is 3. The average Bonchev–Trinajstić information content (AvgIpc) is 2.92. The summed E-state index contributed by atoms with van der Waals surface area (Å²) in [4.78, 5) is 32.5. The lowest BCUT2D eigenvalue weighted by Crippen LogP contribution is -2.27. The molecule has 0 radical (unpaired) electrons. The number of nitrogens with zero attached hydrogens (tertiary/aromatic N) is 2. The Labute approximate surface area is 134 Å². The summed E-state index contributed by atoms with van der Waals surface area (Å²) in [6.45, 7) is 1.54. The van der Waals surface area contributed by atoms with Crippen molar-refractivity contribution in [2.75, 3.05) is 39.6 Å². The average molecular weight is 319 g/mol. The van der Waals surface area contributed by atoms with Crippen molar-refractivity contribution in [1.82, 2.24) is 20.2 Å². The molecule has 0 aliphatic carbocycles. The summed E-state index contributed by atoms with van der Waals surface area (Å²) in [6, 6.07) is 5.13. The van der Waals surface area contributed by atoms with Gasteiger partial charge < -0.3 is 19.9 Å². The molecule has 2 aromatic rings. The maximum atomic E-state index is 12.1. The zero-order chi connectivity index (χ0) is 16.8. The van der Waals surface area contributed by atoms with Crippen LogP contribution in [0, 0.1) is 0 Å². The second-order valence-corrected chi connectivity index (χ2v) is 5.35. The Morgan fingerprint density at radius 1 is 1.35 bits per heavy atom. The van der Waals surface area contributed by atoms with Crippen LogP contribution in [0.2, 0.25) is 0 Å². The van der Waals surface area contributed by atoms with E-state index in [0.717, 1.165) is 13.0 Å². The number of hydrogen-bond donors (Lipinski definition) is 3. The van der Waals surface area contributed by atoms with Gasteiger partial charge in [0, 0.05) is 12.1 Å². The van der Waals surface area contributed by atoms with Gasteiger partial charge in [-0.3, -0.25) is 10.1 Å². The summed E-state index contributed by atoms with van der Waals surface area (Å²) in [6.07, 6.45) is 0.279. The zero-order valence-electron chi connectivity index (χ0n) is 13.5. The molecule has 0 spiro atoms. The number of aromatic amines is 1. The fourth-order valence-corrected chi connectivity index (χ4v) is 2.06. The molecule has 0 atom stereocenters. The Kier molecular flexibility index (Phi) is 5.53. The lowest BCUT2D eigenvalue weighted by Gasteiger charge is -2.09. The normalized spacial score (nSPS) is 10.8. The van der Waals surface area contributed by atoms with Crippen molar-refractivity contribution in [3.05, 3.63) is 23.8 Å². The minimum atomic E-state index is -0.608. The molecule has 0 saturated carbocycles. The van der Waals surface area contributed by atoms with Gasteiger partial charge in [-0.05, 0) is 45.3 Å². The summed E-state index contributed by atoms with van der Waals surface area (Å²) in [7, 11) is 5.26. The van der Waals surface area contributed by atoms with Crippen molar-refractivity contribution >= 4 is 29.0 Å². The van der Waals surface area contributed by atoms with Crippen LogP contribution >= 0.6 is 0 Å². The molecule has 0 aliphatic heterocycles. The van der Waals surface area contributed by atoms with Crippen molar-refractivity contribution in [2.45, 2.75) is 6.42 Å². The molecule has 8 nitrogen and oxygen atoms in total.